The molecule has 492 valence electrons. The summed E-state index contributed by atoms with van der Waals surface area (Å²) in [5.41, 5.74) is 0. The number of phosphoric acid groups is 2. The van der Waals surface area contributed by atoms with Crippen LogP contribution in [0.2, 0.25) is 0 Å². The Balaban J connectivity index is 5.13. The fourth-order valence-corrected chi connectivity index (χ4v) is 11.2. The average molecular weight is 1230 g/mol. The summed E-state index contributed by atoms with van der Waals surface area (Å²) in [4.78, 5) is 72.0. The predicted octanol–water partition coefficient (Wildman–Crippen LogP) is 17.9. The van der Waals surface area contributed by atoms with Crippen LogP contribution in [0, 0.1) is 0 Å². The van der Waals surface area contributed by atoms with E-state index >= 15 is 0 Å². The highest BCUT2D eigenvalue weighted by Crippen LogP contribution is 2.45. The minimum absolute atomic E-state index is 0.106. The summed E-state index contributed by atoms with van der Waals surface area (Å²) in [6.07, 6.45) is 44.6. The highest BCUT2D eigenvalue weighted by molar-refractivity contribution is 7.47. The van der Waals surface area contributed by atoms with E-state index in [0.717, 1.165) is 103 Å². The van der Waals surface area contributed by atoms with Crippen molar-refractivity contribution in [2.45, 2.75) is 348 Å². The van der Waals surface area contributed by atoms with Gasteiger partial charge in [0.05, 0.1) is 26.4 Å². The molecule has 19 heteroatoms. The Morgan fingerprint density at radius 1 is 0.289 bits per heavy atom. The molecule has 0 rings (SSSR count). The van der Waals surface area contributed by atoms with Gasteiger partial charge in [0, 0.05) is 25.7 Å². The fourth-order valence-electron chi connectivity index (χ4n) is 9.63. The zero-order valence-corrected chi connectivity index (χ0v) is 54.9. The number of rotatable bonds is 65. The van der Waals surface area contributed by atoms with Gasteiger partial charge in [-0.2, -0.15) is 0 Å². The van der Waals surface area contributed by atoms with Crippen molar-refractivity contribution in [2.24, 2.45) is 0 Å². The van der Waals surface area contributed by atoms with Gasteiger partial charge in [0.1, 0.15) is 19.3 Å². The van der Waals surface area contributed by atoms with Gasteiger partial charge < -0.3 is 33.8 Å². The number of hydrogen-bond donors (Lipinski definition) is 3. The van der Waals surface area contributed by atoms with Crippen LogP contribution in [-0.4, -0.2) is 96.7 Å². The van der Waals surface area contributed by atoms with Crippen LogP contribution in [0.3, 0.4) is 0 Å². The van der Waals surface area contributed by atoms with E-state index in [1.807, 2.05) is 0 Å². The SMILES string of the molecule is CCCCCCCCCCCCCCCCCCCCC(=O)O[C@H](COC(=O)CCCCCCCCCCC)COP(=O)(O)OC[C@@H](O)COP(=O)(O)OC[C@@H](COC(=O)CCCCCCCCC)OC(=O)CCCCCCCCCCC. The Bertz CT molecular complexity index is 1600. The maximum absolute atomic E-state index is 13.0. The molecule has 0 saturated carbocycles. The molecular formula is C64H124O17P2. The molecule has 0 heterocycles. The van der Waals surface area contributed by atoms with Gasteiger partial charge in [-0.3, -0.25) is 37.3 Å². The number of phosphoric ester groups is 2. The molecule has 0 aliphatic carbocycles. The summed E-state index contributed by atoms with van der Waals surface area (Å²) in [7, 11) is -9.88. The molecule has 0 amide bonds. The van der Waals surface area contributed by atoms with E-state index < -0.39 is 97.5 Å². The van der Waals surface area contributed by atoms with Gasteiger partial charge in [-0.15, -0.1) is 0 Å². The first-order valence-corrected chi connectivity index (χ1v) is 36.8. The van der Waals surface area contributed by atoms with E-state index in [1.54, 1.807) is 0 Å². The lowest BCUT2D eigenvalue weighted by molar-refractivity contribution is -0.161. The lowest BCUT2D eigenvalue weighted by Crippen LogP contribution is -2.30. The van der Waals surface area contributed by atoms with Crippen molar-refractivity contribution in [1.82, 2.24) is 0 Å². The second-order valence-corrected chi connectivity index (χ2v) is 26.1. The number of carbonyl (C=O) groups is 4. The second kappa shape index (κ2) is 59.0. The summed E-state index contributed by atoms with van der Waals surface area (Å²) in [5, 5.41) is 10.5. The van der Waals surface area contributed by atoms with E-state index in [2.05, 4.69) is 27.7 Å². The highest BCUT2D eigenvalue weighted by Gasteiger charge is 2.30. The molecule has 83 heavy (non-hydrogen) atoms. The molecule has 0 radical (unpaired) electrons. The Kier molecular flexibility index (Phi) is 57.7. The van der Waals surface area contributed by atoms with E-state index in [4.69, 9.17) is 37.0 Å². The second-order valence-electron chi connectivity index (χ2n) is 23.2. The zero-order valence-electron chi connectivity index (χ0n) is 53.2. The van der Waals surface area contributed by atoms with E-state index in [1.165, 1.54) is 148 Å². The van der Waals surface area contributed by atoms with Crippen molar-refractivity contribution in [1.29, 1.82) is 0 Å². The molecule has 0 bridgehead atoms. The maximum atomic E-state index is 13.0. The van der Waals surface area contributed by atoms with Crippen LogP contribution in [0.4, 0.5) is 0 Å². The molecule has 3 N–H and O–H groups in total. The third-order valence-corrected chi connectivity index (χ3v) is 16.8. The number of aliphatic hydroxyl groups is 1. The minimum Gasteiger partial charge on any atom is -0.462 e. The largest absolute Gasteiger partial charge is 0.472 e. The average Bonchev–Trinajstić information content (AvgIpc) is 3.47. The third kappa shape index (κ3) is 58.8. The summed E-state index contributed by atoms with van der Waals surface area (Å²) >= 11 is 0. The monoisotopic (exact) mass is 1230 g/mol. The Morgan fingerprint density at radius 3 is 0.711 bits per heavy atom. The lowest BCUT2D eigenvalue weighted by Gasteiger charge is -2.21. The Hall–Kier alpha value is -1.94. The first-order valence-electron chi connectivity index (χ1n) is 33.8. The Labute approximate surface area is 505 Å². The summed E-state index contributed by atoms with van der Waals surface area (Å²) in [5.74, 6) is -2.14. The van der Waals surface area contributed by atoms with Crippen LogP contribution >= 0.6 is 15.6 Å². The van der Waals surface area contributed by atoms with Gasteiger partial charge in [-0.1, -0.05) is 278 Å². The third-order valence-electron chi connectivity index (χ3n) is 14.9. The van der Waals surface area contributed by atoms with Crippen LogP contribution in [0.25, 0.3) is 0 Å². The molecule has 0 saturated heterocycles. The number of aliphatic hydroxyl groups excluding tert-OH is 1. The van der Waals surface area contributed by atoms with Gasteiger partial charge in [0.15, 0.2) is 12.2 Å². The molecule has 17 nitrogen and oxygen atoms in total. The summed E-state index contributed by atoms with van der Waals surface area (Å²) in [6, 6.07) is 0. The molecule has 0 fully saturated rings. The standard InChI is InChI=1S/C64H124O17P2/c1-5-9-13-17-21-24-25-26-27-28-29-30-31-32-35-39-43-47-51-64(69)81-60(55-75-62(67)49-45-41-37-33-22-18-14-10-6-2)57-79-83(72,73)77-53-58(65)52-76-82(70,71)78-56-59(54-74-61(66)48-44-40-36-20-16-12-8-4)80-63(68)50-46-42-38-34-23-19-15-11-7-3/h58-60,65H,5-57H2,1-4H3,(H,70,71)(H,72,73)/t58-,59+,60+/m0/s1. The van der Waals surface area contributed by atoms with Crippen LogP contribution in [-0.2, 0) is 65.4 Å². The smallest absolute Gasteiger partial charge is 0.462 e. The molecule has 0 aliphatic rings. The van der Waals surface area contributed by atoms with Crippen LogP contribution in [0.1, 0.15) is 329 Å². The van der Waals surface area contributed by atoms with E-state index in [-0.39, 0.29) is 25.7 Å². The van der Waals surface area contributed by atoms with Gasteiger partial charge >= 0.3 is 39.5 Å². The predicted molar refractivity (Wildman–Crippen MR) is 331 cm³/mol. The summed E-state index contributed by atoms with van der Waals surface area (Å²) in [6.45, 7) is 4.83. The summed E-state index contributed by atoms with van der Waals surface area (Å²) < 4.78 is 67.8. The Morgan fingerprint density at radius 2 is 0.482 bits per heavy atom. The van der Waals surface area contributed by atoms with Crippen LogP contribution in [0.15, 0.2) is 0 Å². The van der Waals surface area contributed by atoms with Crippen molar-refractivity contribution in [3.63, 3.8) is 0 Å². The van der Waals surface area contributed by atoms with Crippen molar-refractivity contribution in [2.75, 3.05) is 39.6 Å². The molecule has 0 aromatic rings. The van der Waals surface area contributed by atoms with Crippen molar-refractivity contribution >= 4 is 39.5 Å². The van der Waals surface area contributed by atoms with E-state index in [9.17, 15) is 43.2 Å². The van der Waals surface area contributed by atoms with Gasteiger partial charge in [-0.25, -0.2) is 9.13 Å². The molecule has 2 unspecified atom stereocenters. The van der Waals surface area contributed by atoms with Crippen LogP contribution in [0.5, 0.6) is 0 Å². The first kappa shape index (κ1) is 81.1. The minimum atomic E-state index is -4.94. The van der Waals surface area contributed by atoms with Gasteiger partial charge in [-0.05, 0) is 25.7 Å². The van der Waals surface area contributed by atoms with Crippen molar-refractivity contribution in [3.8, 4) is 0 Å². The highest BCUT2D eigenvalue weighted by atomic mass is 31.2. The first-order chi connectivity index (χ1) is 40.2. The number of unbranched alkanes of at least 4 members (excludes halogenated alkanes) is 39. The molecule has 5 atom stereocenters. The molecule has 0 aliphatic heterocycles. The van der Waals surface area contributed by atoms with Gasteiger partial charge in [0.2, 0.25) is 0 Å². The molecular weight excluding hydrogens is 1100 g/mol. The molecule has 0 aromatic heterocycles. The maximum Gasteiger partial charge on any atom is 0.472 e. The molecule has 0 spiro atoms. The zero-order chi connectivity index (χ0) is 61.2. The van der Waals surface area contributed by atoms with Gasteiger partial charge in [0.25, 0.3) is 0 Å². The van der Waals surface area contributed by atoms with E-state index in [0.29, 0.717) is 25.7 Å². The quantitative estimate of drug-likeness (QED) is 0.0222. The topological polar surface area (TPSA) is 237 Å². The normalized spacial score (nSPS) is 14.2. The van der Waals surface area contributed by atoms with Crippen LogP contribution < -0.4 is 0 Å². The lowest BCUT2D eigenvalue weighted by atomic mass is 10.0. The molecule has 0 aromatic carbocycles. The number of hydrogen-bond acceptors (Lipinski definition) is 15. The number of esters is 4. The number of carbonyl (C=O) groups excluding carboxylic acids is 4. The van der Waals surface area contributed by atoms with Crippen molar-refractivity contribution < 1.29 is 80.2 Å². The number of ether oxygens (including phenoxy) is 4. The van der Waals surface area contributed by atoms with Crippen molar-refractivity contribution in [3.05, 3.63) is 0 Å². The fraction of sp³-hybridized carbons (Fsp3) is 0.938.